The van der Waals surface area contributed by atoms with Crippen LogP contribution in [-0.4, -0.2) is 48.3 Å². The number of aliphatic hydroxyl groups is 1. The SMILES string of the molecule is Cc1oc(N2CCC(O)C2)nc1C(=O)Nc1ccc(N2CCCCC2)c(F)c1. The first kappa shape index (κ1) is 18.7. The average molecular weight is 388 g/mol. The fourth-order valence-corrected chi connectivity index (χ4v) is 3.81. The van der Waals surface area contributed by atoms with Crippen molar-refractivity contribution >= 4 is 23.3 Å². The minimum atomic E-state index is -0.447. The van der Waals surface area contributed by atoms with E-state index in [9.17, 15) is 14.3 Å². The fraction of sp³-hybridized carbons (Fsp3) is 0.500. The normalized spacial score (nSPS) is 19.9. The van der Waals surface area contributed by atoms with E-state index < -0.39 is 12.0 Å². The summed E-state index contributed by atoms with van der Waals surface area (Å²) in [6, 6.07) is 5.08. The van der Waals surface area contributed by atoms with Crippen LogP contribution in [0.25, 0.3) is 0 Å². The first-order chi connectivity index (χ1) is 13.5. The maximum Gasteiger partial charge on any atom is 0.298 e. The largest absolute Gasteiger partial charge is 0.428 e. The van der Waals surface area contributed by atoms with Crippen LogP contribution in [0.5, 0.6) is 0 Å². The van der Waals surface area contributed by atoms with Crippen LogP contribution in [0.1, 0.15) is 41.9 Å². The van der Waals surface area contributed by atoms with Crippen LogP contribution >= 0.6 is 0 Å². The molecule has 1 aromatic carbocycles. The third-order valence-corrected chi connectivity index (χ3v) is 5.34. The number of aromatic nitrogens is 1. The number of hydrogen-bond acceptors (Lipinski definition) is 6. The lowest BCUT2D eigenvalue weighted by Crippen LogP contribution is -2.30. The molecular formula is C20H25FN4O3. The van der Waals surface area contributed by atoms with Crippen LogP contribution in [0.15, 0.2) is 22.6 Å². The van der Waals surface area contributed by atoms with Gasteiger partial charge in [0.2, 0.25) is 0 Å². The van der Waals surface area contributed by atoms with Crippen LogP contribution in [0, 0.1) is 12.7 Å². The van der Waals surface area contributed by atoms with Gasteiger partial charge in [0.15, 0.2) is 5.69 Å². The van der Waals surface area contributed by atoms with Gasteiger partial charge in [0.25, 0.3) is 11.9 Å². The number of halogens is 1. The van der Waals surface area contributed by atoms with Crippen molar-refractivity contribution in [3.05, 3.63) is 35.5 Å². The molecule has 1 atom stereocenters. The van der Waals surface area contributed by atoms with Crippen molar-refractivity contribution in [3.63, 3.8) is 0 Å². The Hall–Kier alpha value is -2.61. The first-order valence-corrected chi connectivity index (χ1v) is 9.77. The van der Waals surface area contributed by atoms with Crippen LogP contribution in [0.2, 0.25) is 0 Å². The summed E-state index contributed by atoms with van der Waals surface area (Å²) in [6.07, 6.45) is 3.55. The Balaban J connectivity index is 1.46. The maximum atomic E-state index is 14.6. The van der Waals surface area contributed by atoms with Crippen LogP contribution < -0.4 is 15.1 Å². The second-order valence-electron chi connectivity index (χ2n) is 7.46. The van der Waals surface area contributed by atoms with E-state index in [1.807, 2.05) is 9.80 Å². The summed E-state index contributed by atoms with van der Waals surface area (Å²) < 4.78 is 20.1. The molecule has 0 bridgehead atoms. The van der Waals surface area contributed by atoms with Crippen molar-refractivity contribution in [3.8, 4) is 0 Å². The summed E-state index contributed by atoms with van der Waals surface area (Å²) in [5.74, 6) is -0.403. The Morgan fingerprint density at radius 2 is 2.04 bits per heavy atom. The van der Waals surface area contributed by atoms with Crippen LogP contribution in [0.3, 0.4) is 0 Å². The maximum absolute atomic E-state index is 14.6. The molecule has 2 saturated heterocycles. The highest BCUT2D eigenvalue weighted by molar-refractivity contribution is 6.03. The van der Waals surface area contributed by atoms with Gasteiger partial charge in [-0.15, -0.1) is 0 Å². The molecule has 0 aliphatic carbocycles. The molecule has 1 amide bonds. The smallest absolute Gasteiger partial charge is 0.298 e. The van der Waals surface area contributed by atoms with Crippen molar-refractivity contribution in [1.82, 2.24) is 4.98 Å². The molecule has 2 aromatic rings. The number of rotatable bonds is 4. The summed E-state index contributed by atoms with van der Waals surface area (Å²) >= 11 is 0. The number of hydrogen-bond donors (Lipinski definition) is 2. The molecule has 3 heterocycles. The number of piperidine rings is 1. The van der Waals surface area contributed by atoms with Gasteiger partial charge in [0, 0.05) is 31.9 Å². The molecule has 2 aliphatic heterocycles. The molecule has 1 unspecified atom stereocenters. The second-order valence-corrected chi connectivity index (χ2v) is 7.46. The van der Waals surface area contributed by atoms with Crippen molar-refractivity contribution in [2.45, 2.75) is 38.7 Å². The summed E-state index contributed by atoms with van der Waals surface area (Å²) in [5.41, 5.74) is 1.12. The number of nitrogens with one attached hydrogen (secondary N) is 1. The second kappa shape index (κ2) is 7.79. The number of β-amino-alcohol motifs (C(OH)–C–C–N with tert-alkyl or cyclic N) is 1. The predicted molar refractivity (Wildman–Crippen MR) is 104 cm³/mol. The van der Waals surface area contributed by atoms with E-state index in [1.165, 1.54) is 12.5 Å². The number of carbonyl (C=O) groups excluding carboxylic acids is 1. The third kappa shape index (κ3) is 3.82. The van der Waals surface area contributed by atoms with Crippen molar-refractivity contribution in [2.24, 2.45) is 0 Å². The van der Waals surface area contributed by atoms with Gasteiger partial charge in [-0.1, -0.05) is 0 Å². The Labute approximate surface area is 163 Å². The molecular weight excluding hydrogens is 363 g/mol. The van der Waals surface area contributed by atoms with Crippen molar-refractivity contribution < 1.29 is 18.7 Å². The van der Waals surface area contributed by atoms with Crippen molar-refractivity contribution in [2.75, 3.05) is 41.3 Å². The number of amides is 1. The van der Waals surface area contributed by atoms with Gasteiger partial charge < -0.3 is 24.6 Å². The van der Waals surface area contributed by atoms with E-state index in [1.54, 1.807) is 19.1 Å². The topological polar surface area (TPSA) is 81.8 Å². The average Bonchev–Trinajstić information content (AvgIpc) is 3.28. The lowest BCUT2D eigenvalue weighted by Gasteiger charge is -2.29. The number of aliphatic hydroxyl groups excluding tert-OH is 1. The highest BCUT2D eigenvalue weighted by Gasteiger charge is 2.27. The van der Waals surface area contributed by atoms with E-state index in [0.29, 0.717) is 42.7 Å². The van der Waals surface area contributed by atoms with Crippen LogP contribution in [-0.2, 0) is 0 Å². The lowest BCUT2D eigenvalue weighted by atomic mass is 10.1. The van der Waals surface area contributed by atoms with Gasteiger partial charge in [-0.25, -0.2) is 4.39 Å². The quantitative estimate of drug-likeness (QED) is 0.838. The molecule has 28 heavy (non-hydrogen) atoms. The Morgan fingerprint density at radius 3 is 2.71 bits per heavy atom. The van der Waals surface area contributed by atoms with E-state index in [-0.39, 0.29) is 11.5 Å². The minimum absolute atomic E-state index is 0.164. The van der Waals surface area contributed by atoms with E-state index in [0.717, 1.165) is 25.9 Å². The monoisotopic (exact) mass is 388 g/mol. The van der Waals surface area contributed by atoms with E-state index >= 15 is 0 Å². The number of benzene rings is 1. The molecule has 7 nitrogen and oxygen atoms in total. The Bertz CT molecular complexity index is 863. The zero-order valence-electron chi connectivity index (χ0n) is 15.9. The molecule has 150 valence electrons. The highest BCUT2D eigenvalue weighted by Crippen LogP contribution is 2.27. The van der Waals surface area contributed by atoms with Gasteiger partial charge in [0.05, 0.1) is 11.8 Å². The van der Waals surface area contributed by atoms with Gasteiger partial charge in [-0.05, 0) is 50.8 Å². The minimum Gasteiger partial charge on any atom is -0.428 e. The number of oxazole rings is 1. The highest BCUT2D eigenvalue weighted by atomic mass is 19.1. The number of carbonyl (C=O) groups is 1. The van der Waals surface area contributed by atoms with Gasteiger partial charge in [-0.2, -0.15) is 4.98 Å². The van der Waals surface area contributed by atoms with Gasteiger partial charge in [-0.3, -0.25) is 4.79 Å². The van der Waals surface area contributed by atoms with Gasteiger partial charge >= 0.3 is 0 Å². The summed E-state index contributed by atoms with van der Waals surface area (Å²) in [7, 11) is 0. The Kier molecular flexibility index (Phi) is 5.21. The molecule has 8 heteroatoms. The lowest BCUT2D eigenvalue weighted by molar-refractivity contribution is 0.102. The molecule has 0 saturated carbocycles. The predicted octanol–water partition coefficient (Wildman–Crippen LogP) is 2.94. The molecule has 2 fully saturated rings. The van der Waals surface area contributed by atoms with Crippen molar-refractivity contribution in [1.29, 1.82) is 0 Å². The molecule has 2 aliphatic rings. The Morgan fingerprint density at radius 1 is 1.25 bits per heavy atom. The number of nitrogens with zero attached hydrogens (tertiary/aromatic N) is 3. The first-order valence-electron chi connectivity index (χ1n) is 9.77. The molecule has 0 spiro atoms. The zero-order valence-corrected chi connectivity index (χ0v) is 15.9. The van der Waals surface area contributed by atoms with E-state index in [2.05, 4.69) is 10.3 Å². The van der Waals surface area contributed by atoms with E-state index in [4.69, 9.17) is 4.42 Å². The zero-order chi connectivity index (χ0) is 19.7. The molecule has 2 N–H and O–H groups in total. The summed E-state index contributed by atoms with van der Waals surface area (Å²) in [6.45, 7) is 4.44. The third-order valence-electron chi connectivity index (χ3n) is 5.34. The fourth-order valence-electron chi connectivity index (χ4n) is 3.81. The number of aryl methyl sites for hydroxylation is 1. The molecule has 4 rings (SSSR count). The molecule has 1 aromatic heterocycles. The van der Waals surface area contributed by atoms with Crippen LogP contribution in [0.4, 0.5) is 21.8 Å². The molecule has 0 radical (unpaired) electrons. The summed E-state index contributed by atoms with van der Waals surface area (Å²) in [5, 5.41) is 12.3. The summed E-state index contributed by atoms with van der Waals surface area (Å²) in [4.78, 5) is 20.7. The standard InChI is InChI=1S/C20H25FN4O3/c1-13-18(23-20(28-13)25-10-7-15(26)12-25)19(27)22-14-5-6-17(16(21)11-14)24-8-3-2-4-9-24/h5-6,11,15,26H,2-4,7-10,12H2,1H3,(H,22,27). The number of anilines is 3. The van der Waals surface area contributed by atoms with Gasteiger partial charge in [0.1, 0.15) is 11.6 Å².